The lowest BCUT2D eigenvalue weighted by Gasteiger charge is -2.09. The van der Waals surface area contributed by atoms with Gasteiger partial charge in [0.2, 0.25) is 0 Å². The number of hydrogen-bond donors (Lipinski definition) is 1. The Kier molecular flexibility index (Phi) is 1.98. The third kappa shape index (κ3) is 1.29. The highest BCUT2D eigenvalue weighted by Gasteiger charge is 2.20. The zero-order valence-electron chi connectivity index (χ0n) is 6.56. The topological polar surface area (TPSA) is 38.7 Å². The number of phenols is 1. The van der Waals surface area contributed by atoms with Gasteiger partial charge in [-0.1, -0.05) is 18.2 Å². The fourth-order valence-electron chi connectivity index (χ4n) is 1.22. The van der Waals surface area contributed by atoms with Crippen molar-refractivity contribution in [3.63, 3.8) is 0 Å². The molecule has 0 amide bonds. The van der Waals surface area contributed by atoms with E-state index in [0.29, 0.717) is 18.8 Å². The van der Waals surface area contributed by atoms with E-state index in [-0.39, 0.29) is 12.0 Å². The average molecular weight is 166 g/mol. The summed E-state index contributed by atoms with van der Waals surface area (Å²) in [5, 5.41) is 9.41. The summed E-state index contributed by atoms with van der Waals surface area (Å²) in [4.78, 5) is 0. The number of rotatable bonds is 1. The van der Waals surface area contributed by atoms with Crippen molar-refractivity contribution in [2.24, 2.45) is 0 Å². The lowest BCUT2D eigenvalue weighted by molar-refractivity contribution is -0.0454. The number of ether oxygens (including phenoxy) is 2. The minimum Gasteiger partial charge on any atom is -0.507 e. The molecule has 1 aromatic carbocycles. The summed E-state index contributed by atoms with van der Waals surface area (Å²) < 4.78 is 10.5. The quantitative estimate of drug-likeness (QED) is 0.686. The van der Waals surface area contributed by atoms with E-state index in [9.17, 15) is 5.11 Å². The van der Waals surface area contributed by atoms with Crippen LogP contribution in [-0.2, 0) is 9.47 Å². The van der Waals surface area contributed by atoms with Gasteiger partial charge >= 0.3 is 0 Å². The van der Waals surface area contributed by atoms with Crippen LogP contribution in [0.3, 0.4) is 0 Å². The second kappa shape index (κ2) is 3.13. The van der Waals surface area contributed by atoms with Gasteiger partial charge in [-0.05, 0) is 6.07 Å². The van der Waals surface area contributed by atoms with Gasteiger partial charge in [0.25, 0.3) is 0 Å². The zero-order valence-corrected chi connectivity index (χ0v) is 6.56. The molecule has 0 unspecified atom stereocenters. The standard InChI is InChI=1S/C9H10O3/c10-8-4-2-1-3-7(8)9-11-5-6-12-9/h1-4,9-10H,5-6H2. The van der Waals surface area contributed by atoms with E-state index in [1.807, 2.05) is 6.07 Å². The van der Waals surface area contributed by atoms with Crippen molar-refractivity contribution in [1.82, 2.24) is 0 Å². The molecule has 3 heteroatoms. The first-order chi connectivity index (χ1) is 5.88. The molecule has 1 saturated heterocycles. The van der Waals surface area contributed by atoms with E-state index in [1.165, 1.54) is 0 Å². The van der Waals surface area contributed by atoms with Crippen LogP contribution in [0.2, 0.25) is 0 Å². The van der Waals surface area contributed by atoms with Gasteiger partial charge in [0.05, 0.1) is 13.2 Å². The molecule has 1 fully saturated rings. The predicted molar refractivity (Wildman–Crippen MR) is 42.8 cm³/mol. The van der Waals surface area contributed by atoms with E-state index in [0.717, 1.165) is 0 Å². The van der Waals surface area contributed by atoms with Gasteiger partial charge in [0.1, 0.15) is 5.75 Å². The van der Waals surface area contributed by atoms with Gasteiger partial charge in [-0.15, -0.1) is 0 Å². The van der Waals surface area contributed by atoms with Crippen LogP contribution in [0.25, 0.3) is 0 Å². The molecule has 1 aliphatic rings. The van der Waals surface area contributed by atoms with Crippen LogP contribution < -0.4 is 0 Å². The molecule has 0 saturated carbocycles. The first-order valence-corrected chi connectivity index (χ1v) is 3.89. The van der Waals surface area contributed by atoms with Crippen LogP contribution in [0.1, 0.15) is 11.9 Å². The van der Waals surface area contributed by atoms with Gasteiger partial charge in [-0.25, -0.2) is 0 Å². The van der Waals surface area contributed by atoms with Crippen molar-refractivity contribution in [3.05, 3.63) is 29.8 Å². The summed E-state index contributed by atoms with van der Waals surface area (Å²) in [6.07, 6.45) is -0.383. The number of aromatic hydroxyl groups is 1. The van der Waals surface area contributed by atoms with Crippen molar-refractivity contribution in [2.75, 3.05) is 13.2 Å². The Bertz CT molecular complexity index is 266. The smallest absolute Gasteiger partial charge is 0.187 e. The maximum atomic E-state index is 9.41. The molecule has 1 aromatic rings. The number of hydrogen-bond acceptors (Lipinski definition) is 3. The maximum absolute atomic E-state index is 9.41. The van der Waals surface area contributed by atoms with Gasteiger partial charge in [0.15, 0.2) is 6.29 Å². The highest BCUT2D eigenvalue weighted by atomic mass is 16.7. The Morgan fingerprint density at radius 3 is 2.50 bits per heavy atom. The summed E-state index contributed by atoms with van der Waals surface area (Å²) >= 11 is 0. The fourth-order valence-corrected chi connectivity index (χ4v) is 1.22. The van der Waals surface area contributed by atoms with E-state index in [2.05, 4.69) is 0 Å². The lowest BCUT2D eigenvalue weighted by Crippen LogP contribution is -1.97. The molecule has 2 rings (SSSR count). The molecule has 0 atom stereocenters. The summed E-state index contributed by atoms with van der Waals surface area (Å²) in [6.45, 7) is 1.19. The van der Waals surface area contributed by atoms with Gasteiger partial charge < -0.3 is 14.6 Å². The van der Waals surface area contributed by atoms with Crippen molar-refractivity contribution in [2.45, 2.75) is 6.29 Å². The molecule has 12 heavy (non-hydrogen) atoms. The Labute approximate surface area is 70.5 Å². The molecule has 0 aliphatic carbocycles. The first kappa shape index (κ1) is 7.58. The van der Waals surface area contributed by atoms with E-state index in [4.69, 9.17) is 9.47 Å². The van der Waals surface area contributed by atoms with E-state index in [1.54, 1.807) is 18.2 Å². The van der Waals surface area contributed by atoms with Gasteiger partial charge in [0, 0.05) is 5.56 Å². The highest BCUT2D eigenvalue weighted by molar-refractivity contribution is 5.32. The molecular weight excluding hydrogens is 156 g/mol. The molecule has 0 bridgehead atoms. The molecule has 1 N–H and O–H groups in total. The number of benzene rings is 1. The van der Waals surface area contributed by atoms with E-state index >= 15 is 0 Å². The highest BCUT2D eigenvalue weighted by Crippen LogP contribution is 2.29. The monoisotopic (exact) mass is 166 g/mol. The van der Waals surface area contributed by atoms with Crippen LogP contribution in [0.4, 0.5) is 0 Å². The molecule has 1 heterocycles. The predicted octanol–water partition coefficient (Wildman–Crippen LogP) is 1.44. The Morgan fingerprint density at radius 1 is 1.17 bits per heavy atom. The summed E-state index contributed by atoms with van der Waals surface area (Å²) in [7, 11) is 0. The number of phenolic OH excluding ortho intramolecular Hbond substituents is 1. The SMILES string of the molecule is Oc1ccccc1C1OCCO1. The maximum Gasteiger partial charge on any atom is 0.187 e. The van der Waals surface area contributed by atoms with Crippen LogP contribution in [0.15, 0.2) is 24.3 Å². The van der Waals surface area contributed by atoms with Crippen molar-refractivity contribution >= 4 is 0 Å². The van der Waals surface area contributed by atoms with Crippen molar-refractivity contribution < 1.29 is 14.6 Å². The molecule has 3 nitrogen and oxygen atoms in total. The van der Waals surface area contributed by atoms with Gasteiger partial charge in [-0.3, -0.25) is 0 Å². The summed E-state index contributed by atoms with van der Waals surface area (Å²) in [5.41, 5.74) is 0.704. The van der Waals surface area contributed by atoms with Crippen LogP contribution in [0.5, 0.6) is 5.75 Å². The lowest BCUT2D eigenvalue weighted by atomic mass is 10.2. The van der Waals surface area contributed by atoms with E-state index < -0.39 is 0 Å². The minimum absolute atomic E-state index is 0.226. The second-order valence-electron chi connectivity index (χ2n) is 2.63. The van der Waals surface area contributed by atoms with Crippen molar-refractivity contribution in [3.8, 4) is 5.75 Å². The molecule has 0 radical (unpaired) electrons. The van der Waals surface area contributed by atoms with Crippen LogP contribution in [0, 0.1) is 0 Å². The van der Waals surface area contributed by atoms with Crippen LogP contribution >= 0.6 is 0 Å². The van der Waals surface area contributed by atoms with Crippen molar-refractivity contribution in [1.29, 1.82) is 0 Å². The normalized spacial score (nSPS) is 18.3. The third-order valence-electron chi connectivity index (χ3n) is 1.81. The largest absolute Gasteiger partial charge is 0.507 e. The molecular formula is C9H10O3. The molecule has 1 aliphatic heterocycles. The Hall–Kier alpha value is -1.06. The Morgan fingerprint density at radius 2 is 1.83 bits per heavy atom. The fraction of sp³-hybridized carbons (Fsp3) is 0.333. The first-order valence-electron chi connectivity index (χ1n) is 3.89. The zero-order chi connectivity index (χ0) is 8.39. The summed E-state index contributed by atoms with van der Waals surface area (Å²) in [6, 6.07) is 7.04. The molecule has 64 valence electrons. The molecule has 0 aromatic heterocycles. The Balaban J connectivity index is 2.26. The second-order valence-corrected chi connectivity index (χ2v) is 2.63. The van der Waals surface area contributed by atoms with Gasteiger partial charge in [-0.2, -0.15) is 0 Å². The molecule has 0 spiro atoms. The number of para-hydroxylation sites is 1. The minimum atomic E-state index is -0.383. The summed E-state index contributed by atoms with van der Waals surface area (Å²) in [5.74, 6) is 0.226. The third-order valence-corrected chi connectivity index (χ3v) is 1.81. The van der Waals surface area contributed by atoms with Crippen LogP contribution in [-0.4, -0.2) is 18.3 Å². The average Bonchev–Trinajstić information content (AvgIpc) is 2.57.